The molecule has 0 saturated heterocycles. The molecule has 6 aromatic rings. The van der Waals surface area contributed by atoms with Crippen LogP contribution >= 0.6 is 0 Å². The Morgan fingerprint density at radius 2 is 0.923 bits per heavy atom. The zero-order valence-electron chi connectivity index (χ0n) is 22.7. The first kappa shape index (κ1) is 32.6. The predicted molar refractivity (Wildman–Crippen MR) is 154 cm³/mol. The minimum atomic E-state index is 0. The summed E-state index contributed by atoms with van der Waals surface area (Å²) in [6.45, 7) is 8.95. The SMILES string of the molecule is CC(C)c1cccc2c1cc[c-]2-c1ccccn1.CC(C)c1cccc2c1cc[c-]2-c1ccccn1.[Cl-].[Cl-].[Zr+2]. The molecule has 6 rings (SSSR count). The van der Waals surface area contributed by atoms with Crippen LogP contribution in [0.2, 0.25) is 0 Å². The van der Waals surface area contributed by atoms with Gasteiger partial charge in [-0.05, 0) is 11.8 Å². The van der Waals surface area contributed by atoms with Crippen molar-refractivity contribution in [3.05, 3.63) is 121 Å². The van der Waals surface area contributed by atoms with E-state index in [2.05, 4.69) is 110 Å². The van der Waals surface area contributed by atoms with E-state index in [0.717, 1.165) is 11.4 Å². The van der Waals surface area contributed by atoms with Crippen LogP contribution in [0.3, 0.4) is 0 Å². The molecule has 198 valence electrons. The minimum absolute atomic E-state index is 0. The Bertz CT molecular complexity index is 1460. The van der Waals surface area contributed by atoms with Gasteiger partial charge in [0.15, 0.2) is 0 Å². The summed E-state index contributed by atoms with van der Waals surface area (Å²) in [6.07, 6.45) is 3.70. The summed E-state index contributed by atoms with van der Waals surface area (Å²) < 4.78 is 0. The molecular formula is C34H32Cl2N2Zr-2. The predicted octanol–water partition coefficient (Wildman–Crippen LogP) is 3.49. The second kappa shape index (κ2) is 14.7. The summed E-state index contributed by atoms with van der Waals surface area (Å²) in [7, 11) is 0. The molecule has 2 nitrogen and oxygen atoms in total. The molecule has 2 aromatic heterocycles. The largest absolute Gasteiger partial charge is 2.00 e. The zero-order valence-corrected chi connectivity index (χ0v) is 26.7. The van der Waals surface area contributed by atoms with Gasteiger partial charge < -0.3 is 24.8 Å². The van der Waals surface area contributed by atoms with Crippen molar-refractivity contribution in [3.8, 4) is 22.5 Å². The van der Waals surface area contributed by atoms with Gasteiger partial charge in [0.05, 0.1) is 0 Å². The summed E-state index contributed by atoms with van der Waals surface area (Å²) in [4.78, 5) is 8.89. The Hall–Kier alpha value is -2.58. The van der Waals surface area contributed by atoms with Crippen molar-refractivity contribution in [3.63, 3.8) is 0 Å². The first-order valence-electron chi connectivity index (χ1n) is 12.7. The van der Waals surface area contributed by atoms with Gasteiger partial charge in [0, 0.05) is 23.8 Å². The van der Waals surface area contributed by atoms with Crippen LogP contribution in [0.15, 0.2) is 109 Å². The monoisotopic (exact) mass is 628 g/mol. The number of benzene rings is 2. The molecule has 39 heavy (non-hydrogen) atoms. The van der Waals surface area contributed by atoms with Crippen LogP contribution in [0.5, 0.6) is 0 Å². The molecule has 5 heteroatoms. The Kier molecular flexibility index (Phi) is 12.3. The molecule has 0 spiro atoms. The number of halogens is 2. The van der Waals surface area contributed by atoms with Crippen molar-refractivity contribution < 1.29 is 51.0 Å². The average molecular weight is 631 g/mol. The van der Waals surface area contributed by atoms with Crippen LogP contribution in [0.25, 0.3) is 44.1 Å². The molecular weight excluding hydrogens is 599 g/mol. The number of fused-ring (bicyclic) bond motifs is 2. The molecule has 0 N–H and O–H groups in total. The second-order valence-corrected chi connectivity index (χ2v) is 9.85. The summed E-state index contributed by atoms with van der Waals surface area (Å²) in [5.41, 5.74) is 7.38. The van der Waals surface area contributed by atoms with Crippen LogP contribution in [-0.4, -0.2) is 9.97 Å². The van der Waals surface area contributed by atoms with Crippen LogP contribution in [0.4, 0.5) is 0 Å². The topological polar surface area (TPSA) is 25.8 Å². The maximum Gasteiger partial charge on any atom is 2.00 e. The van der Waals surface area contributed by atoms with Gasteiger partial charge in [-0.1, -0.05) is 111 Å². The molecule has 0 fully saturated rings. The molecule has 0 saturated carbocycles. The Morgan fingerprint density at radius 1 is 0.513 bits per heavy atom. The fourth-order valence-corrected chi connectivity index (χ4v) is 5.02. The molecule has 0 aliphatic rings. The van der Waals surface area contributed by atoms with E-state index < -0.39 is 0 Å². The van der Waals surface area contributed by atoms with E-state index in [0.29, 0.717) is 11.8 Å². The van der Waals surface area contributed by atoms with Gasteiger partial charge in [-0.3, -0.25) is 9.97 Å². The third kappa shape index (κ3) is 6.96. The van der Waals surface area contributed by atoms with Crippen molar-refractivity contribution >= 4 is 21.5 Å². The van der Waals surface area contributed by atoms with E-state index in [4.69, 9.17) is 0 Å². The summed E-state index contributed by atoms with van der Waals surface area (Å²) >= 11 is 0. The van der Waals surface area contributed by atoms with Crippen LogP contribution in [-0.2, 0) is 26.2 Å². The van der Waals surface area contributed by atoms with E-state index in [1.165, 1.54) is 43.8 Å². The number of rotatable bonds is 4. The Morgan fingerprint density at radius 3 is 1.26 bits per heavy atom. The molecule has 0 unspecified atom stereocenters. The van der Waals surface area contributed by atoms with Gasteiger partial charge in [0.25, 0.3) is 0 Å². The standard InChI is InChI=1S/2C17H16N.2ClH.Zr/c2*1-12(2)13-6-5-7-14-15(13)9-10-16(14)17-8-3-4-11-18-17;;;/h2*3-12H,1-2H3;2*1H;/q2*-1;;;+2/p-2. The third-order valence-corrected chi connectivity index (χ3v) is 6.82. The number of nitrogens with zero attached hydrogens (tertiary/aromatic N) is 2. The van der Waals surface area contributed by atoms with Crippen molar-refractivity contribution in [1.82, 2.24) is 9.97 Å². The quantitative estimate of drug-likeness (QED) is 0.279. The van der Waals surface area contributed by atoms with Gasteiger partial charge in [-0.15, -0.1) is 57.9 Å². The first-order valence-corrected chi connectivity index (χ1v) is 12.7. The van der Waals surface area contributed by atoms with Gasteiger partial charge in [0.2, 0.25) is 0 Å². The smallest absolute Gasteiger partial charge is 1.00 e. The summed E-state index contributed by atoms with van der Waals surface area (Å²) in [6, 6.07) is 34.0. The molecule has 0 bridgehead atoms. The summed E-state index contributed by atoms with van der Waals surface area (Å²) in [5.74, 6) is 1.10. The number of pyridine rings is 2. The molecule has 0 aliphatic carbocycles. The molecule has 2 heterocycles. The number of hydrogen-bond acceptors (Lipinski definition) is 2. The van der Waals surface area contributed by atoms with Crippen molar-refractivity contribution in [1.29, 1.82) is 0 Å². The van der Waals surface area contributed by atoms with Gasteiger partial charge >= 0.3 is 26.2 Å². The molecule has 0 amide bonds. The van der Waals surface area contributed by atoms with Gasteiger partial charge in [-0.2, -0.15) is 0 Å². The Labute approximate surface area is 263 Å². The van der Waals surface area contributed by atoms with Crippen LogP contribution < -0.4 is 24.8 Å². The van der Waals surface area contributed by atoms with Gasteiger partial charge in [-0.25, -0.2) is 0 Å². The van der Waals surface area contributed by atoms with E-state index in [-0.39, 0.29) is 51.0 Å². The zero-order chi connectivity index (χ0) is 25.1. The minimum Gasteiger partial charge on any atom is -1.00 e. The normalized spacial score (nSPS) is 10.4. The molecule has 0 radical (unpaired) electrons. The van der Waals surface area contributed by atoms with Crippen LogP contribution in [0.1, 0.15) is 50.7 Å². The fourth-order valence-electron chi connectivity index (χ4n) is 5.02. The maximum absolute atomic E-state index is 4.45. The van der Waals surface area contributed by atoms with E-state index >= 15 is 0 Å². The van der Waals surface area contributed by atoms with Gasteiger partial charge in [0.1, 0.15) is 0 Å². The Balaban J connectivity index is 0.000000254. The average Bonchev–Trinajstić information content (AvgIpc) is 3.54. The summed E-state index contributed by atoms with van der Waals surface area (Å²) in [5, 5.41) is 5.32. The van der Waals surface area contributed by atoms with Crippen molar-refractivity contribution in [2.75, 3.05) is 0 Å². The van der Waals surface area contributed by atoms with Crippen molar-refractivity contribution in [2.24, 2.45) is 0 Å². The maximum atomic E-state index is 4.45. The molecule has 4 aromatic carbocycles. The number of hydrogen-bond donors (Lipinski definition) is 0. The van der Waals surface area contributed by atoms with E-state index in [1.807, 2.05) is 36.7 Å². The number of aromatic nitrogens is 2. The second-order valence-electron chi connectivity index (χ2n) is 9.85. The van der Waals surface area contributed by atoms with Crippen molar-refractivity contribution in [2.45, 2.75) is 39.5 Å². The van der Waals surface area contributed by atoms with Crippen LogP contribution in [0, 0.1) is 0 Å². The van der Waals surface area contributed by atoms with E-state index in [9.17, 15) is 0 Å². The third-order valence-electron chi connectivity index (χ3n) is 6.82. The first-order chi connectivity index (χ1) is 17.5. The fraction of sp³-hybridized carbons (Fsp3) is 0.176. The van der Waals surface area contributed by atoms with E-state index in [1.54, 1.807) is 0 Å². The molecule has 0 atom stereocenters. The molecule has 0 aliphatic heterocycles.